The second kappa shape index (κ2) is 9.02. The van der Waals surface area contributed by atoms with Crippen molar-refractivity contribution in [3.05, 3.63) is 89.5 Å². The van der Waals surface area contributed by atoms with Gasteiger partial charge in [0.05, 0.1) is 19.0 Å². The molecule has 38 heavy (non-hydrogen) atoms. The normalized spacial score (nSPS) is 27.8. The molecule has 3 aliphatic heterocycles. The molecule has 3 fully saturated rings. The lowest BCUT2D eigenvalue weighted by Crippen LogP contribution is -2.60. The van der Waals surface area contributed by atoms with Crippen molar-refractivity contribution in [2.75, 3.05) is 14.1 Å². The highest BCUT2D eigenvalue weighted by atomic mass is 32.2. The first-order chi connectivity index (χ1) is 18.1. The average Bonchev–Trinajstić information content (AvgIpc) is 3.56. The highest BCUT2D eigenvalue weighted by Gasteiger charge is 2.70. The molecule has 2 bridgehead atoms. The predicted octanol–water partition coefficient (Wildman–Crippen LogP) is 4.00. The summed E-state index contributed by atoms with van der Waals surface area (Å²) in [6.45, 7) is 1.82. The van der Waals surface area contributed by atoms with Crippen molar-refractivity contribution in [2.24, 2.45) is 0 Å². The van der Waals surface area contributed by atoms with Gasteiger partial charge in [0.2, 0.25) is 0 Å². The van der Waals surface area contributed by atoms with E-state index in [4.69, 9.17) is 9.47 Å². The molecule has 0 N–H and O–H groups in total. The number of nitrogens with zero attached hydrogens (tertiary/aromatic N) is 1. The van der Waals surface area contributed by atoms with Gasteiger partial charge in [0.1, 0.15) is 46.4 Å². The number of ether oxygens (including phenoxy) is 2. The lowest BCUT2D eigenvalue weighted by atomic mass is 9.95. The third kappa shape index (κ3) is 4.25. The third-order valence-electron chi connectivity index (χ3n) is 8.70. The van der Waals surface area contributed by atoms with Crippen molar-refractivity contribution in [1.82, 2.24) is 0 Å². The zero-order valence-electron chi connectivity index (χ0n) is 21.6. The molecule has 0 spiro atoms. The fraction of sp³-hybridized carbons (Fsp3) is 0.367. The number of carbonyl (C=O) groups excluding carboxylic acids is 1. The first-order valence-corrected chi connectivity index (χ1v) is 14.4. The smallest absolute Gasteiger partial charge is 0.318 e. The summed E-state index contributed by atoms with van der Waals surface area (Å²) in [5.74, 6) is -0.399. The number of epoxide rings is 1. The van der Waals surface area contributed by atoms with Crippen molar-refractivity contribution in [3.8, 4) is 11.1 Å². The molecule has 4 atom stereocenters. The molecule has 0 saturated carbocycles. The number of quaternary nitrogens is 1. The Hall–Kier alpha value is -3.04. The molecule has 2 unspecified atom stereocenters. The largest absolute Gasteiger partial charge is 0.744 e. The van der Waals surface area contributed by atoms with Crippen molar-refractivity contribution >= 4 is 16.1 Å². The fourth-order valence-electron chi connectivity index (χ4n) is 6.65. The van der Waals surface area contributed by atoms with Gasteiger partial charge >= 0.3 is 5.97 Å². The van der Waals surface area contributed by atoms with Crippen LogP contribution in [0.2, 0.25) is 0 Å². The first-order valence-electron chi connectivity index (χ1n) is 13.0. The van der Waals surface area contributed by atoms with Gasteiger partial charge < -0.3 is 18.5 Å². The van der Waals surface area contributed by atoms with E-state index >= 15 is 0 Å². The van der Waals surface area contributed by atoms with E-state index in [1.165, 1.54) is 12.1 Å². The molecule has 3 heterocycles. The molecule has 3 aromatic carbocycles. The van der Waals surface area contributed by atoms with Gasteiger partial charge in [0.15, 0.2) is 0 Å². The summed E-state index contributed by atoms with van der Waals surface area (Å²) in [5.41, 5.74) is 5.39. The number of rotatable bonds is 3. The van der Waals surface area contributed by atoms with E-state index in [0.29, 0.717) is 24.3 Å². The van der Waals surface area contributed by atoms with Crippen LogP contribution in [0.25, 0.3) is 11.1 Å². The fourth-order valence-corrected chi connectivity index (χ4v) is 7.12. The Labute approximate surface area is 223 Å². The van der Waals surface area contributed by atoms with Crippen LogP contribution in [0.1, 0.15) is 35.4 Å². The van der Waals surface area contributed by atoms with Crippen LogP contribution in [0.5, 0.6) is 0 Å². The van der Waals surface area contributed by atoms with Crippen LogP contribution in [0.15, 0.2) is 77.7 Å². The zero-order chi connectivity index (χ0) is 26.8. The van der Waals surface area contributed by atoms with E-state index < -0.39 is 10.1 Å². The molecule has 3 aromatic rings. The molecule has 3 saturated heterocycles. The van der Waals surface area contributed by atoms with E-state index in [2.05, 4.69) is 38.4 Å². The molecule has 1 aliphatic carbocycles. The van der Waals surface area contributed by atoms with Crippen molar-refractivity contribution in [3.63, 3.8) is 0 Å². The molecular formula is C30H31NO6S. The number of benzene rings is 3. The Balaban J connectivity index is 0.000000204. The Morgan fingerprint density at radius 3 is 1.87 bits per heavy atom. The zero-order valence-corrected chi connectivity index (χ0v) is 22.4. The molecule has 4 aliphatic rings. The van der Waals surface area contributed by atoms with Crippen molar-refractivity contribution in [2.45, 2.75) is 61.0 Å². The van der Waals surface area contributed by atoms with E-state index in [0.717, 1.165) is 45.1 Å². The monoisotopic (exact) mass is 533 g/mol. The molecule has 0 radical (unpaired) electrons. The quantitative estimate of drug-likeness (QED) is 0.219. The minimum absolute atomic E-state index is 0.00924. The number of hydrogen-bond donors (Lipinski definition) is 0. The van der Waals surface area contributed by atoms with Crippen LogP contribution in [0, 0.1) is 6.92 Å². The van der Waals surface area contributed by atoms with Crippen molar-refractivity contribution in [1.29, 1.82) is 0 Å². The van der Waals surface area contributed by atoms with Gasteiger partial charge in [-0.1, -0.05) is 66.2 Å². The number of likely N-dealkylation sites (N-methyl/N-ethyl adjacent to an activating group) is 1. The van der Waals surface area contributed by atoms with E-state index in [-0.39, 0.29) is 22.9 Å². The summed E-state index contributed by atoms with van der Waals surface area (Å²) in [6, 6.07) is 23.1. The van der Waals surface area contributed by atoms with Crippen molar-refractivity contribution < 1.29 is 31.7 Å². The Bertz CT molecular complexity index is 1430. The number of aryl methyl sites for hydroxylation is 1. The van der Waals surface area contributed by atoms with Gasteiger partial charge in [0, 0.05) is 12.8 Å². The Morgan fingerprint density at radius 2 is 1.37 bits per heavy atom. The Kier molecular flexibility index (Phi) is 5.99. The molecule has 0 amide bonds. The minimum atomic E-state index is -4.27. The second-order valence-electron chi connectivity index (χ2n) is 11.2. The number of hydrogen-bond acceptors (Lipinski definition) is 6. The summed E-state index contributed by atoms with van der Waals surface area (Å²) in [4.78, 5) is 13.1. The second-order valence-corrected chi connectivity index (χ2v) is 12.6. The maximum atomic E-state index is 13.3. The molecule has 8 heteroatoms. The summed E-state index contributed by atoms with van der Waals surface area (Å²) in [7, 11) is 0.326. The average molecular weight is 534 g/mol. The first kappa shape index (κ1) is 25.2. The standard InChI is InChI=1S/C23H24NO3.C7H8O3S/c1-24(2)18-11-13(12-19(24)22-21(18)27-22)26-23(25)20-16-9-5-3-7-14(16)15-8-4-6-10-17(15)20;1-6-2-4-7(5-3-6)11(8,9)10/h3-10,13,18-22H,11-12H2,1-2H3;2-5H,1H3,(H,8,9,10)/q+1;/p-1/t13?,18-,19-,21?,22?;/m0./s1. The topological polar surface area (TPSA) is 96.0 Å². The molecular weight excluding hydrogens is 502 g/mol. The van der Waals surface area contributed by atoms with Crippen LogP contribution in [-0.4, -0.2) is 67.9 Å². The van der Waals surface area contributed by atoms with Crippen LogP contribution >= 0.6 is 0 Å². The van der Waals surface area contributed by atoms with Crippen LogP contribution < -0.4 is 0 Å². The van der Waals surface area contributed by atoms with E-state index in [9.17, 15) is 17.8 Å². The number of fused-ring (bicyclic) bond motifs is 8. The molecule has 7 rings (SSSR count). The van der Waals surface area contributed by atoms with Gasteiger partial charge in [-0.15, -0.1) is 0 Å². The van der Waals surface area contributed by atoms with E-state index in [1.54, 1.807) is 12.1 Å². The summed E-state index contributed by atoms with van der Waals surface area (Å²) >= 11 is 0. The molecule has 7 nitrogen and oxygen atoms in total. The minimum Gasteiger partial charge on any atom is -0.744 e. The lowest BCUT2D eigenvalue weighted by molar-refractivity contribution is -0.938. The molecule has 0 aromatic heterocycles. The van der Waals surface area contributed by atoms with Crippen LogP contribution in [-0.2, 0) is 24.4 Å². The highest BCUT2D eigenvalue weighted by molar-refractivity contribution is 7.85. The van der Waals surface area contributed by atoms with Gasteiger partial charge in [-0.05, 0) is 41.3 Å². The highest BCUT2D eigenvalue weighted by Crippen LogP contribution is 2.52. The predicted molar refractivity (Wildman–Crippen MR) is 140 cm³/mol. The number of piperidine rings is 1. The van der Waals surface area contributed by atoms with Crippen LogP contribution in [0.3, 0.4) is 0 Å². The van der Waals surface area contributed by atoms with Gasteiger partial charge in [-0.2, -0.15) is 0 Å². The summed E-state index contributed by atoms with van der Waals surface area (Å²) in [6.07, 6.45) is 2.58. The maximum absolute atomic E-state index is 13.3. The summed E-state index contributed by atoms with van der Waals surface area (Å²) in [5, 5.41) is 0. The lowest BCUT2D eigenvalue weighted by Gasteiger charge is -2.45. The summed E-state index contributed by atoms with van der Waals surface area (Å²) < 4.78 is 44.2. The van der Waals surface area contributed by atoms with Gasteiger partial charge in [-0.3, -0.25) is 4.79 Å². The number of morpholine rings is 1. The Morgan fingerprint density at radius 1 is 0.868 bits per heavy atom. The third-order valence-corrected chi connectivity index (χ3v) is 9.55. The molecule has 198 valence electrons. The van der Waals surface area contributed by atoms with Gasteiger partial charge in [-0.25, -0.2) is 8.42 Å². The van der Waals surface area contributed by atoms with E-state index in [1.807, 2.05) is 31.2 Å². The number of esters is 1. The number of carbonyl (C=O) groups is 1. The van der Waals surface area contributed by atoms with Gasteiger partial charge in [0.25, 0.3) is 0 Å². The SMILES string of the molecule is C[N+]1(C)[C@H]2CC(OC(=O)C3c4ccccc4-c4ccccc43)C[C@H]1C1OC12.Cc1ccc(S(=O)(=O)[O-])cc1. The van der Waals surface area contributed by atoms with Crippen LogP contribution in [0.4, 0.5) is 0 Å². The maximum Gasteiger partial charge on any atom is 0.318 e.